The standard InChI is InChI=1S/C8H7BFN/c9-4-6-1-2-8(10)3-7(6)5-11/h1-3H,4,9H2. The Bertz CT molecular complexity index is 303. The largest absolute Gasteiger partial charge is 0.207 e. The van der Waals surface area contributed by atoms with Gasteiger partial charge < -0.3 is 0 Å². The molecule has 0 bridgehead atoms. The number of halogens is 1. The minimum atomic E-state index is -0.348. The highest BCUT2D eigenvalue weighted by atomic mass is 19.1. The number of benzene rings is 1. The van der Waals surface area contributed by atoms with E-state index in [2.05, 4.69) is 0 Å². The van der Waals surface area contributed by atoms with Crippen LogP contribution in [-0.4, -0.2) is 7.85 Å². The second-order valence-electron chi connectivity index (χ2n) is 2.27. The third-order valence-corrected chi connectivity index (χ3v) is 1.57. The van der Waals surface area contributed by atoms with Gasteiger partial charge in [-0.15, -0.1) is 0 Å². The number of nitriles is 1. The SMILES string of the molecule is BCc1ccc(F)cc1C#N. The van der Waals surface area contributed by atoms with Crippen LogP contribution in [0.3, 0.4) is 0 Å². The molecule has 0 saturated heterocycles. The van der Waals surface area contributed by atoms with E-state index in [1.54, 1.807) is 6.07 Å². The minimum absolute atomic E-state index is 0.348. The first-order chi connectivity index (χ1) is 5.27. The van der Waals surface area contributed by atoms with Crippen molar-refractivity contribution in [3.05, 3.63) is 35.1 Å². The van der Waals surface area contributed by atoms with E-state index in [9.17, 15) is 4.39 Å². The van der Waals surface area contributed by atoms with Crippen LogP contribution in [0, 0.1) is 17.1 Å². The van der Waals surface area contributed by atoms with Crippen LogP contribution in [0.1, 0.15) is 11.1 Å². The van der Waals surface area contributed by atoms with E-state index in [-0.39, 0.29) is 5.82 Å². The predicted molar refractivity (Wildman–Crippen MR) is 43.4 cm³/mol. The first-order valence-corrected chi connectivity index (χ1v) is 3.46. The number of rotatable bonds is 1. The van der Waals surface area contributed by atoms with Crippen LogP contribution in [0.25, 0.3) is 0 Å². The summed E-state index contributed by atoms with van der Waals surface area (Å²) >= 11 is 0. The summed E-state index contributed by atoms with van der Waals surface area (Å²) in [6, 6.07) is 6.23. The molecule has 0 aliphatic heterocycles. The molecule has 1 rings (SSSR count). The topological polar surface area (TPSA) is 23.8 Å². The monoisotopic (exact) mass is 147 g/mol. The van der Waals surface area contributed by atoms with Gasteiger partial charge in [0.15, 0.2) is 0 Å². The van der Waals surface area contributed by atoms with E-state index in [0.717, 1.165) is 11.9 Å². The van der Waals surface area contributed by atoms with Crippen molar-refractivity contribution >= 4 is 7.85 Å². The Hall–Kier alpha value is -1.30. The molecule has 0 aromatic heterocycles. The molecule has 0 aliphatic rings. The molecule has 1 aromatic rings. The summed E-state index contributed by atoms with van der Waals surface area (Å²) in [6.07, 6.45) is 0.767. The van der Waals surface area contributed by atoms with E-state index in [1.807, 2.05) is 13.9 Å². The van der Waals surface area contributed by atoms with E-state index in [4.69, 9.17) is 5.26 Å². The van der Waals surface area contributed by atoms with Gasteiger partial charge in [-0.05, 0) is 17.7 Å². The van der Waals surface area contributed by atoms with Gasteiger partial charge in [-0.2, -0.15) is 5.26 Å². The van der Waals surface area contributed by atoms with Crippen LogP contribution in [0.5, 0.6) is 0 Å². The number of hydrogen-bond donors (Lipinski definition) is 0. The molecule has 0 aliphatic carbocycles. The summed E-state index contributed by atoms with van der Waals surface area (Å²) in [5, 5.41) is 8.56. The third kappa shape index (κ3) is 1.59. The van der Waals surface area contributed by atoms with Crippen molar-refractivity contribution in [2.24, 2.45) is 0 Å². The third-order valence-electron chi connectivity index (χ3n) is 1.57. The molecule has 1 nitrogen and oxygen atoms in total. The highest BCUT2D eigenvalue weighted by Gasteiger charge is 1.99. The summed E-state index contributed by atoms with van der Waals surface area (Å²) in [5.41, 5.74) is 1.33. The normalized spacial score (nSPS) is 9.09. The van der Waals surface area contributed by atoms with Gasteiger partial charge in [0.1, 0.15) is 13.7 Å². The van der Waals surface area contributed by atoms with Crippen molar-refractivity contribution in [3.63, 3.8) is 0 Å². The van der Waals surface area contributed by atoms with Gasteiger partial charge in [-0.3, -0.25) is 0 Å². The summed E-state index contributed by atoms with van der Waals surface area (Å²) in [4.78, 5) is 0. The van der Waals surface area contributed by atoms with Crippen LogP contribution < -0.4 is 0 Å². The van der Waals surface area contributed by atoms with E-state index >= 15 is 0 Å². The zero-order valence-electron chi connectivity index (χ0n) is 6.26. The van der Waals surface area contributed by atoms with Gasteiger partial charge in [-0.1, -0.05) is 12.4 Å². The number of nitrogens with zero attached hydrogens (tertiary/aromatic N) is 1. The molecule has 3 heteroatoms. The van der Waals surface area contributed by atoms with E-state index in [1.165, 1.54) is 12.1 Å². The summed E-state index contributed by atoms with van der Waals surface area (Å²) in [5.74, 6) is -0.348. The van der Waals surface area contributed by atoms with Gasteiger partial charge in [0.05, 0.1) is 11.6 Å². The van der Waals surface area contributed by atoms with Gasteiger partial charge in [0.2, 0.25) is 0 Å². The fraction of sp³-hybridized carbons (Fsp3) is 0.125. The van der Waals surface area contributed by atoms with Crippen molar-refractivity contribution in [1.82, 2.24) is 0 Å². The van der Waals surface area contributed by atoms with Crippen LogP contribution in [0.4, 0.5) is 4.39 Å². The Balaban J connectivity index is 3.19. The molecule has 0 fully saturated rings. The molecule has 0 spiro atoms. The van der Waals surface area contributed by atoms with Crippen molar-refractivity contribution < 1.29 is 4.39 Å². The Morgan fingerprint density at radius 1 is 1.55 bits per heavy atom. The molecule has 54 valence electrons. The predicted octanol–water partition coefficient (Wildman–Crippen LogP) is 0.830. The molecule has 11 heavy (non-hydrogen) atoms. The second-order valence-corrected chi connectivity index (χ2v) is 2.27. The van der Waals surface area contributed by atoms with Gasteiger partial charge >= 0.3 is 0 Å². The van der Waals surface area contributed by atoms with Crippen molar-refractivity contribution in [3.8, 4) is 6.07 Å². The average Bonchev–Trinajstić information content (AvgIpc) is 2.04. The van der Waals surface area contributed by atoms with Crippen LogP contribution in [0.2, 0.25) is 0 Å². The quantitative estimate of drug-likeness (QED) is 0.539. The highest BCUT2D eigenvalue weighted by molar-refractivity contribution is 6.08. The molecular weight excluding hydrogens is 140 g/mol. The van der Waals surface area contributed by atoms with E-state index < -0.39 is 0 Å². The number of hydrogen-bond acceptors (Lipinski definition) is 1. The summed E-state index contributed by atoms with van der Waals surface area (Å²) in [6.45, 7) is 0. The van der Waals surface area contributed by atoms with Crippen LogP contribution in [0.15, 0.2) is 18.2 Å². The zero-order chi connectivity index (χ0) is 8.27. The van der Waals surface area contributed by atoms with Crippen molar-refractivity contribution in [2.45, 2.75) is 6.32 Å². The average molecular weight is 147 g/mol. The fourth-order valence-corrected chi connectivity index (χ4v) is 0.961. The lowest BCUT2D eigenvalue weighted by atomic mass is 9.93. The van der Waals surface area contributed by atoms with Crippen LogP contribution >= 0.6 is 0 Å². The Morgan fingerprint density at radius 2 is 2.27 bits per heavy atom. The van der Waals surface area contributed by atoms with Crippen molar-refractivity contribution in [1.29, 1.82) is 5.26 Å². The minimum Gasteiger partial charge on any atom is -0.207 e. The Morgan fingerprint density at radius 3 is 2.82 bits per heavy atom. The van der Waals surface area contributed by atoms with Gasteiger partial charge in [0, 0.05) is 0 Å². The smallest absolute Gasteiger partial charge is 0.124 e. The van der Waals surface area contributed by atoms with Gasteiger partial charge in [0.25, 0.3) is 0 Å². The lowest BCUT2D eigenvalue weighted by molar-refractivity contribution is 0.627. The summed E-state index contributed by atoms with van der Waals surface area (Å²) < 4.78 is 12.5. The van der Waals surface area contributed by atoms with Crippen LogP contribution in [-0.2, 0) is 6.32 Å². The summed E-state index contributed by atoms with van der Waals surface area (Å²) in [7, 11) is 1.94. The molecule has 0 radical (unpaired) electrons. The molecule has 0 N–H and O–H groups in total. The molecule has 0 amide bonds. The maximum absolute atomic E-state index is 12.5. The molecule has 0 unspecified atom stereocenters. The molecule has 0 atom stereocenters. The molecule has 0 heterocycles. The van der Waals surface area contributed by atoms with Crippen molar-refractivity contribution in [2.75, 3.05) is 0 Å². The maximum atomic E-state index is 12.5. The first-order valence-electron chi connectivity index (χ1n) is 3.46. The zero-order valence-corrected chi connectivity index (χ0v) is 6.26. The maximum Gasteiger partial charge on any atom is 0.124 e. The molecular formula is C8H7BFN. The Kier molecular flexibility index (Phi) is 2.27. The highest BCUT2D eigenvalue weighted by Crippen LogP contribution is 2.09. The molecule has 0 saturated carbocycles. The lowest BCUT2D eigenvalue weighted by Crippen LogP contribution is -1.90. The second kappa shape index (κ2) is 3.20. The fourth-order valence-electron chi connectivity index (χ4n) is 0.961. The molecule has 1 aromatic carbocycles. The van der Waals surface area contributed by atoms with E-state index in [0.29, 0.717) is 5.56 Å². The van der Waals surface area contributed by atoms with Gasteiger partial charge in [-0.25, -0.2) is 4.39 Å². The Labute approximate surface area is 65.9 Å². The lowest BCUT2D eigenvalue weighted by Gasteiger charge is -1.98. The first kappa shape index (κ1) is 7.81.